The van der Waals surface area contributed by atoms with Crippen LogP contribution in [0.4, 0.5) is 0 Å². The van der Waals surface area contributed by atoms with E-state index in [0.29, 0.717) is 33.3 Å². The first-order valence-electron chi connectivity index (χ1n) is 11.2. The molecule has 4 N–H and O–H groups in total. The zero-order chi connectivity index (χ0) is 27.6. The van der Waals surface area contributed by atoms with E-state index in [1.165, 1.54) is 52.7 Å². The van der Waals surface area contributed by atoms with Crippen LogP contribution in [-0.4, -0.2) is 54.1 Å². The van der Waals surface area contributed by atoms with Crippen molar-refractivity contribution in [3.63, 3.8) is 0 Å². The number of aliphatic hydroxyl groups excluding tert-OH is 1. The van der Waals surface area contributed by atoms with Crippen molar-refractivity contribution in [2.75, 3.05) is 28.4 Å². The first-order valence-corrected chi connectivity index (χ1v) is 12.7. The molecule has 0 unspecified atom stereocenters. The lowest BCUT2D eigenvalue weighted by atomic mass is 9.95. The molecule has 0 fully saturated rings. The van der Waals surface area contributed by atoms with Gasteiger partial charge in [-0.05, 0) is 41.5 Å². The van der Waals surface area contributed by atoms with Gasteiger partial charge >= 0.3 is 7.82 Å². The molecule has 0 aliphatic carbocycles. The van der Waals surface area contributed by atoms with Gasteiger partial charge in [0, 0.05) is 22.0 Å². The monoisotopic (exact) mass is 543 g/mol. The summed E-state index contributed by atoms with van der Waals surface area (Å²) in [6.07, 6.45) is 0. The number of carbonyl (C=O) groups excluding carboxylic acids is 1. The van der Waals surface area contributed by atoms with E-state index in [2.05, 4.69) is 4.98 Å². The fraction of sp³-hybridized carbons (Fsp3) is 0.192. The SMILES string of the molecule is COc1ccc(-c2c(C(=O)c3cc(OC)c(OC)c(OC)c3)[nH]c3cccc(CO)c23)cc1OP(=O)(O)O. The number of carbonyl (C=O) groups is 1. The highest BCUT2D eigenvalue weighted by atomic mass is 31.2. The summed E-state index contributed by atoms with van der Waals surface area (Å²) in [5, 5.41) is 10.6. The minimum atomic E-state index is -4.93. The highest BCUT2D eigenvalue weighted by Gasteiger charge is 2.26. The van der Waals surface area contributed by atoms with Crippen LogP contribution in [0.25, 0.3) is 22.0 Å². The third kappa shape index (κ3) is 5.05. The quantitative estimate of drug-likeness (QED) is 0.170. The van der Waals surface area contributed by atoms with E-state index < -0.39 is 13.6 Å². The number of benzene rings is 3. The molecule has 1 heterocycles. The normalized spacial score (nSPS) is 11.3. The maximum Gasteiger partial charge on any atom is 0.524 e. The Morgan fingerprint density at radius 1 is 0.868 bits per heavy atom. The van der Waals surface area contributed by atoms with E-state index in [4.69, 9.17) is 23.5 Å². The predicted molar refractivity (Wildman–Crippen MR) is 138 cm³/mol. The van der Waals surface area contributed by atoms with Crippen molar-refractivity contribution >= 4 is 24.5 Å². The van der Waals surface area contributed by atoms with E-state index in [-0.39, 0.29) is 40.9 Å². The average Bonchev–Trinajstić information content (AvgIpc) is 3.30. The molecule has 11 nitrogen and oxygen atoms in total. The Morgan fingerprint density at radius 2 is 1.53 bits per heavy atom. The highest BCUT2D eigenvalue weighted by molar-refractivity contribution is 7.46. The van der Waals surface area contributed by atoms with Crippen LogP contribution in [0.15, 0.2) is 48.5 Å². The Kier molecular flexibility index (Phi) is 7.66. The Balaban J connectivity index is 2.00. The number of ether oxygens (including phenoxy) is 4. The number of ketones is 1. The van der Waals surface area contributed by atoms with Crippen molar-refractivity contribution in [3.05, 3.63) is 65.4 Å². The summed E-state index contributed by atoms with van der Waals surface area (Å²) in [5.41, 5.74) is 2.25. The van der Waals surface area contributed by atoms with Crippen LogP contribution in [0.1, 0.15) is 21.6 Å². The fourth-order valence-electron chi connectivity index (χ4n) is 4.30. The summed E-state index contributed by atoms with van der Waals surface area (Å²) < 4.78 is 37.8. The number of rotatable bonds is 10. The van der Waals surface area contributed by atoms with E-state index in [9.17, 15) is 24.3 Å². The molecule has 0 amide bonds. The average molecular weight is 543 g/mol. The van der Waals surface area contributed by atoms with E-state index in [1.54, 1.807) is 24.3 Å². The van der Waals surface area contributed by atoms with Crippen LogP contribution in [0, 0.1) is 0 Å². The fourth-order valence-corrected chi connectivity index (χ4v) is 4.70. The zero-order valence-corrected chi connectivity index (χ0v) is 21.9. The Bertz CT molecular complexity index is 1530. The van der Waals surface area contributed by atoms with Gasteiger partial charge in [-0.15, -0.1) is 0 Å². The van der Waals surface area contributed by atoms with Crippen molar-refractivity contribution in [1.29, 1.82) is 0 Å². The van der Waals surface area contributed by atoms with E-state index in [1.807, 2.05) is 0 Å². The molecule has 0 saturated heterocycles. The third-order valence-electron chi connectivity index (χ3n) is 5.90. The van der Waals surface area contributed by atoms with Gasteiger partial charge in [0.05, 0.1) is 40.7 Å². The maximum absolute atomic E-state index is 14.0. The largest absolute Gasteiger partial charge is 0.524 e. The van der Waals surface area contributed by atoms with Crippen molar-refractivity contribution in [1.82, 2.24) is 4.98 Å². The lowest BCUT2D eigenvalue weighted by molar-refractivity contribution is 0.103. The molecule has 3 aromatic carbocycles. The van der Waals surface area contributed by atoms with Crippen molar-refractivity contribution in [2.24, 2.45) is 0 Å². The number of phosphoric acid groups is 1. The zero-order valence-electron chi connectivity index (χ0n) is 21.0. The number of aliphatic hydroxyl groups is 1. The molecule has 0 saturated carbocycles. The molecule has 0 radical (unpaired) electrons. The van der Waals surface area contributed by atoms with Crippen LogP contribution in [-0.2, 0) is 11.2 Å². The topological polar surface area (TPSA) is 157 Å². The van der Waals surface area contributed by atoms with Gasteiger partial charge in [-0.1, -0.05) is 18.2 Å². The number of fused-ring (bicyclic) bond motifs is 1. The first-order chi connectivity index (χ1) is 18.1. The van der Waals surface area contributed by atoms with Gasteiger partial charge in [0.15, 0.2) is 23.0 Å². The van der Waals surface area contributed by atoms with Gasteiger partial charge in [-0.2, -0.15) is 0 Å². The Morgan fingerprint density at radius 3 is 2.08 bits per heavy atom. The van der Waals surface area contributed by atoms with Gasteiger partial charge in [-0.3, -0.25) is 14.6 Å². The van der Waals surface area contributed by atoms with Crippen molar-refractivity contribution in [3.8, 4) is 39.9 Å². The lowest BCUT2D eigenvalue weighted by Gasteiger charge is -2.15. The molecular formula is C26H26NO10P. The summed E-state index contributed by atoms with van der Waals surface area (Å²) in [6, 6.07) is 12.7. The molecular weight excluding hydrogens is 517 g/mol. The van der Waals surface area contributed by atoms with Crippen LogP contribution in [0.2, 0.25) is 0 Å². The molecule has 0 spiro atoms. The molecule has 4 aromatic rings. The van der Waals surface area contributed by atoms with Crippen molar-refractivity contribution < 1.29 is 47.7 Å². The van der Waals surface area contributed by atoms with E-state index >= 15 is 0 Å². The van der Waals surface area contributed by atoms with Gasteiger partial charge in [0.1, 0.15) is 0 Å². The number of hydrogen-bond donors (Lipinski definition) is 4. The third-order valence-corrected chi connectivity index (χ3v) is 6.34. The molecule has 200 valence electrons. The maximum atomic E-state index is 14.0. The second kappa shape index (κ2) is 10.8. The highest BCUT2D eigenvalue weighted by Crippen LogP contribution is 2.46. The standard InChI is InChI=1S/C26H26NO10P/c1-33-18-9-8-14(10-19(18)37-38(30,31)32)23-22-15(13-28)6-5-7-17(22)27-24(23)25(29)16-11-20(34-2)26(36-4)21(12-16)35-3/h5-12,27-28H,13H2,1-4H3,(H2,30,31,32). The van der Waals surface area contributed by atoms with Gasteiger partial charge in [-0.25, -0.2) is 4.57 Å². The van der Waals surface area contributed by atoms with Gasteiger partial charge < -0.3 is 33.6 Å². The minimum Gasteiger partial charge on any atom is -0.493 e. The summed E-state index contributed by atoms with van der Waals surface area (Å²) in [4.78, 5) is 35.9. The Hall–Kier alpha value is -4.02. The first kappa shape index (κ1) is 27.0. The van der Waals surface area contributed by atoms with Crippen LogP contribution >= 0.6 is 7.82 Å². The smallest absolute Gasteiger partial charge is 0.493 e. The van der Waals surface area contributed by atoms with E-state index in [0.717, 1.165) is 0 Å². The number of aromatic nitrogens is 1. The number of methoxy groups -OCH3 is 4. The second-order valence-electron chi connectivity index (χ2n) is 8.06. The molecule has 0 aliphatic rings. The van der Waals surface area contributed by atoms with Crippen molar-refractivity contribution in [2.45, 2.75) is 6.61 Å². The lowest BCUT2D eigenvalue weighted by Crippen LogP contribution is -2.06. The number of phosphoric ester groups is 1. The summed E-state index contributed by atoms with van der Waals surface area (Å²) in [5.74, 6) is 0.307. The molecule has 0 atom stereocenters. The minimum absolute atomic E-state index is 0.0804. The number of hydrogen-bond acceptors (Lipinski definition) is 8. The Labute approximate surface area is 217 Å². The molecule has 1 aromatic heterocycles. The molecule has 0 bridgehead atoms. The second-order valence-corrected chi connectivity index (χ2v) is 9.23. The number of nitrogens with one attached hydrogen (secondary N) is 1. The number of H-pyrrole nitrogens is 1. The predicted octanol–water partition coefficient (Wildman–Crippen LogP) is 4.06. The molecule has 4 rings (SSSR count). The number of aromatic amines is 1. The molecule has 12 heteroatoms. The summed E-state index contributed by atoms with van der Waals surface area (Å²) in [6.45, 7) is -0.317. The van der Waals surface area contributed by atoms with Gasteiger partial charge in [0.2, 0.25) is 11.5 Å². The summed E-state index contributed by atoms with van der Waals surface area (Å²) in [7, 11) is 0.732. The summed E-state index contributed by atoms with van der Waals surface area (Å²) >= 11 is 0. The van der Waals surface area contributed by atoms with Gasteiger partial charge in [0.25, 0.3) is 0 Å². The molecule has 38 heavy (non-hydrogen) atoms. The molecule has 0 aliphatic heterocycles. The van der Waals surface area contributed by atoms with Crippen LogP contribution < -0.4 is 23.5 Å². The van der Waals surface area contributed by atoms with Crippen LogP contribution in [0.3, 0.4) is 0 Å². The van der Waals surface area contributed by atoms with Crippen LogP contribution in [0.5, 0.6) is 28.7 Å².